The Kier molecular flexibility index (Phi) is 5.63. The minimum absolute atomic E-state index is 0.0671. The van der Waals surface area contributed by atoms with Gasteiger partial charge in [-0.2, -0.15) is 0 Å². The second kappa shape index (κ2) is 7.46. The molecule has 4 nitrogen and oxygen atoms in total. The smallest absolute Gasteiger partial charge is 0.261 e. The molecule has 1 N–H and O–H groups in total. The van der Waals surface area contributed by atoms with Crippen LogP contribution in [0.5, 0.6) is 0 Å². The molecule has 0 saturated heterocycles. The molecule has 0 radical (unpaired) electrons. The summed E-state index contributed by atoms with van der Waals surface area (Å²) in [4.78, 5) is 2.12. The first-order valence-corrected chi connectivity index (χ1v) is 10.8. The summed E-state index contributed by atoms with van der Waals surface area (Å²) in [5.41, 5.74) is 2.67. The number of hydrogen-bond acceptors (Lipinski definition) is 3. The van der Waals surface area contributed by atoms with Crippen molar-refractivity contribution in [3.8, 4) is 0 Å². The van der Waals surface area contributed by atoms with Crippen molar-refractivity contribution in [2.45, 2.75) is 30.2 Å². The van der Waals surface area contributed by atoms with Crippen molar-refractivity contribution >= 4 is 43.2 Å². The number of likely N-dealkylation sites (N-methyl/N-ethyl adjacent to an activating group) is 1. The molecule has 2 aromatic carbocycles. The maximum absolute atomic E-state index is 13.3. The third-order valence-electron chi connectivity index (χ3n) is 4.72. The van der Waals surface area contributed by atoms with E-state index in [1.54, 1.807) is 6.07 Å². The molecule has 0 heterocycles. The Morgan fingerprint density at radius 3 is 2.62 bits per heavy atom. The predicted octanol–water partition coefficient (Wildman–Crippen LogP) is 4.46. The van der Waals surface area contributed by atoms with Crippen molar-refractivity contribution in [2.75, 3.05) is 18.8 Å². The Bertz CT molecular complexity index is 950. The molecule has 1 atom stereocenters. The van der Waals surface area contributed by atoms with Gasteiger partial charge >= 0.3 is 0 Å². The third kappa shape index (κ3) is 3.91. The lowest BCUT2D eigenvalue weighted by Gasteiger charge is -2.31. The average molecular weight is 462 g/mol. The van der Waals surface area contributed by atoms with Gasteiger partial charge in [-0.1, -0.05) is 27.5 Å². The predicted molar refractivity (Wildman–Crippen MR) is 106 cm³/mol. The topological polar surface area (TPSA) is 49.4 Å². The van der Waals surface area contributed by atoms with Crippen LogP contribution in [0.15, 0.2) is 39.7 Å². The zero-order chi connectivity index (χ0) is 19.1. The Hall–Kier alpha value is -1.15. The summed E-state index contributed by atoms with van der Waals surface area (Å²) in [6.07, 6.45) is 2.58. The van der Waals surface area contributed by atoms with Crippen molar-refractivity contribution < 1.29 is 12.8 Å². The van der Waals surface area contributed by atoms with Gasteiger partial charge in [-0.15, -0.1) is 0 Å². The molecule has 26 heavy (non-hydrogen) atoms. The van der Waals surface area contributed by atoms with Crippen LogP contribution in [0.25, 0.3) is 0 Å². The largest absolute Gasteiger partial charge is 0.306 e. The number of fused-ring (bicyclic) bond motifs is 1. The molecule has 0 amide bonds. The van der Waals surface area contributed by atoms with E-state index in [2.05, 4.69) is 39.6 Å². The van der Waals surface area contributed by atoms with E-state index in [4.69, 9.17) is 11.6 Å². The normalized spacial score (nSPS) is 17.2. The molecule has 0 saturated carbocycles. The number of anilines is 1. The average Bonchev–Trinajstić information content (AvgIpc) is 2.59. The van der Waals surface area contributed by atoms with E-state index in [0.717, 1.165) is 47.0 Å². The second-order valence-corrected chi connectivity index (χ2v) is 9.54. The zero-order valence-electron chi connectivity index (χ0n) is 14.4. The maximum Gasteiger partial charge on any atom is 0.261 e. The number of halogens is 3. The van der Waals surface area contributed by atoms with Gasteiger partial charge < -0.3 is 4.90 Å². The Morgan fingerprint density at radius 2 is 1.96 bits per heavy atom. The minimum atomic E-state index is -3.86. The van der Waals surface area contributed by atoms with Crippen LogP contribution in [0.3, 0.4) is 0 Å². The van der Waals surface area contributed by atoms with Crippen molar-refractivity contribution in [3.05, 3.63) is 56.8 Å². The van der Waals surface area contributed by atoms with E-state index in [1.165, 1.54) is 6.07 Å². The van der Waals surface area contributed by atoms with Gasteiger partial charge in [0.25, 0.3) is 10.0 Å². The first-order valence-electron chi connectivity index (χ1n) is 8.13. The zero-order valence-corrected chi connectivity index (χ0v) is 17.5. The minimum Gasteiger partial charge on any atom is -0.306 e. The van der Waals surface area contributed by atoms with Crippen molar-refractivity contribution in [2.24, 2.45) is 0 Å². The lowest BCUT2D eigenvalue weighted by molar-refractivity contribution is 0.268. The Morgan fingerprint density at radius 1 is 1.23 bits per heavy atom. The molecule has 140 valence electrons. The Labute approximate surface area is 166 Å². The molecule has 0 aromatic heterocycles. The fourth-order valence-electron chi connectivity index (χ4n) is 3.20. The van der Waals surface area contributed by atoms with Gasteiger partial charge in [0.05, 0.1) is 15.6 Å². The molecule has 0 aliphatic heterocycles. The van der Waals surface area contributed by atoms with E-state index < -0.39 is 15.8 Å². The van der Waals surface area contributed by atoms with Gasteiger partial charge in [0, 0.05) is 10.5 Å². The fourth-order valence-corrected chi connectivity index (χ4v) is 5.10. The van der Waals surface area contributed by atoms with Gasteiger partial charge in [-0.3, -0.25) is 4.72 Å². The lowest BCUT2D eigenvalue weighted by atomic mass is 9.87. The number of sulfonamides is 1. The van der Waals surface area contributed by atoms with Crippen LogP contribution in [0.4, 0.5) is 10.1 Å². The van der Waals surface area contributed by atoms with Gasteiger partial charge in [0.15, 0.2) is 0 Å². The Balaban J connectivity index is 1.96. The van der Waals surface area contributed by atoms with E-state index in [1.807, 2.05) is 6.07 Å². The van der Waals surface area contributed by atoms with Crippen LogP contribution in [-0.4, -0.2) is 33.5 Å². The van der Waals surface area contributed by atoms with Crippen LogP contribution >= 0.6 is 27.5 Å². The molecule has 0 bridgehead atoms. The molecule has 2 aromatic rings. The van der Waals surface area contributed by atoms with Crippen LogP contribution in [0.1, 0.15) is 17.5 Å². The van der Waals surface area contributed by atoms with Gasteiger partial charge in [0.2, 0.25) is 0 Å². The van der Waals surface area contributed by atoms with Crippen LogP contribution in [0, 0.1) is 5.82 Å². The molecular formula is C18H19BrClFN2O2S. The molecule has 1 aliphatic carbocycles. The third-order valence-corrected chi connectivity index (χ3v) is 7.11. The van der Waals surface area contributed by atoms with Crippen LogP contribution in [0.2, 0.25) is 5.02 Å². The quantitative estimate of drug-likeness (QED) is 0.731. The highest BCUT2D eigenvalue weighted by Crippen LogP contribution is 2.35. The monoisotopic (exact) mass is 460 g/mol. The summed E-state index contributed by atoms with van der Waals surface area (Å²) in [5, 5.41) is -0.223. The molecule has 0 spiro atoms. The summed E-state index contributed by atoms with van der Waals surface area (Å²) >= 11 is 9.31. The molecule has 0 fully saturated rings. The number of benzene rings is 2. The summed E-state index contributed by atoms with van der Waals surface area (Å²) in [7, 11) is 0.244. The lowest BCUT2D eigenvalue weighted by Crippen LogP contribution is -2.34. The molecule has 1 aliphatic rings. The molecular weight excluding hydrogens is 443 g/mol. The van der Waals surface area contributed by atoms with Crippen LogP contribution in [-0.2, 0) is 22.9 Å². The first kappa shape index (κ1) is 19.6. The van der Waals surface area contributed by atoms with E-state index in [0.29, 0.717) is 11.7 Å². The van der Waals surface area contributed by atoms with Gasteiger partial charge in [-0.05, 0) is 74.8 Å². The van der Waals surface area contributed by atoms with Gasteiger partial charge in [-0.25, -0.2) is 12.8 Å². The summed E-state index contributed by atoms with van der Waals surface area (Å²) < 4.78 is 42.3. The van der Waals surface area contributed by atoms with E-state index in [9.17, 15) is 12.8 Å². The fraction of sp³-hybridized carbons (Fsp3) is 0.333. The number of nitrogens with zero attached hydrogens (tertiary/aromatic N) is 1. The number of rotatable bonds is 4. The second-order valence-electron chi connectivity index (χ2n) is 6.59. The first-order chi connectivity index (χ1) is 12.2. The van der Waals surface area contributed by atoms with Crippen molar-refractivity contribution in [1.29, 1.82) is 0 Å². The highest BCUT2D eigenvalue weighted by atomic mass is 79.9. The summed E-state index contributed by atoms with van der Waals surface area (Å²) in [6, 6.07) is 7.40. The number of nitrogens with one attached hydrogen (secondary N) is 1. The SMILES string of the molecule is CN(C)C1CCc2c(NS(=O)(=O)c3ccc(F)c(Cl)c3)ccc(Br)c2C1. The van der Waals surface area contributed by atoms with E-state index in [-0.39, 0.29) is 9.92 Å². The molecule has 8 heteroatoms. The molecule has 3 rings (SSSR count). The maximum atomic E-state index is 13.3. The van der Waals surface area contributed by atoms with Gasteiger partial charge in [0.1, 0.15) is 5.82 Å². The van der Waals surface area contributed by atoms with Crippen molar-refractivity contribution in [1.82, 2.24) is 4.90 Å². The summed E-state index contributed by atoms with van der Waals surface area (Å²) in [6.45, 7) is 0. The van der Waals surface area contributed by atoms with Crippen molar-refractivity contribution in [3.63, 3.8) is 0 Å². The van der Waals surface area contributed by atoms with E-state index >= 15 is 0 Å². The van der Waals surface area contributed by atoms with Crippen LogP contribution < -0.4 is 4.72 Å². The summed E-state index contributed by atoms with van der Waals surface area (Å²) in [5.74, 6) is -0.652. The highest BCUT2D eigenvalue weighted by molar-refractivity contribution is 9.10. The standard InChI is InChI=1S/C18H19BrClFN2O2S/c1-23(2)11-3-5-13-14(9-11)15(19)6-8-18(13)22-26(24,25)12-4-7-17(21)16(20)10-12/h4,6-8,10-11,22H,3,5,9H2,1-2H3. The highest BCUT2D eigenvalue weighted by Gasteiger charge is 2.26. The molecule has 1 unspecified atom stereocenters. The number of hydrogen-bond donors (Lipinski definition) is 1.